The van der Waals surface area contributed by atoms with Crippen LogP contribution in [0.3, 0.4) is 0 Å². The number of nitrogens with zero attached hydrogens (tertiary/aromatic N) is 3. The van der Waals surface area contributed by atoms with Gasteiger partial charge in [-0.25, -0.2) is 9.97 Å². The number of likely N-dealkylation sites (tertiary alicyclic amines) is 1. The number of aromatic nitrogens is 2. The zero-order valence-electron chi connectivity index (χ0n) is 21.5. The second-order valence-electron chi connectivity index (χ2n) is 11.5. The number of esters is 1. The minimum Gasteiger partial charge on any atom is -0.469 e. The molecule has 188 valence electrons. The summed E-state index contributed by atoms with van der Waals surface area (Å²) in [5, 5.41) is 6.42. The fourth-order valence-corrected chi connectivity index (χ4v) is 4.92. The van der Waals surface area contributed by atoms with E-state index in [0.717, 1.165) is 6.42 Å². The van der Waals surface area contributed by atoms with Gasteiger partial charge in [-0.2, -0.15) is 0 Å². The molecule has 2 fully saturated rings. The van der Waals surface area contributed by atoms with Gasteiger partial charge < -0.3 is 20.3 Å². The molecule has 2 N–H and O–H groups in total. The number of nitrogens with one attached hydrogen (secondary N) is 2. The third-order valence-electron chi connectivity index (χ3n) is 6.46. The summed E-state index contributed by atoms with van der Waals surface area (Å²) in [6.45, 7) is 12.7. The lowest BCUT2D eigenvalue weighted by Crippen LogP contribution is -2.55. The number of amides is 2. The van der Waals surface area contributed by atoms with E-state index in [1.54, 1.807) is 17.2 Å². The minimum absolute atomic E-state index is 0.0646. The van der Waals surface area contributed by atoms with Gasteiger partial charge in [-0.3, -0.25) is 14.4 Å². The monoisotopic (exact) mass is 473 g/mol. The van der Waals surface area contributed by atoms with Gasteiger partial charge in [0, 0.05) is 35.8 Å². The highest BCUT2D eigenvalue weighted by atomic mass is 16.5. The van der Waals surface area contributed by atoms with Crippen LogP contribution in [-0.4, -0.2) is 70.0 Å². The van der Waals surface area contributed by atoms with Gasteiger partial charge in [0.25, 0.3) is 5.91 Å². The zero-order valence-corrected chi connectivity index (χ0v) is 21.5. The number of hydrogen-bond donors (Lipinski definition) is 2. The van der Waals surface area contributed by atoms with Crippen LogP contribution < -0.4 is 10.6 Å². The Morgan fingerprint density at radius 1 is 1.12 bits per heavy atom. The molecular formula is C25H39N5O4. The standard InChI is InChI=1S/C25H39N5O4/c1-24(2,3)23-26-12-10-17(28-23)20(31)27-18-11-13-30(21(18)32)19-9-8-15(29-25(4,5)6)14-16(19)22(33)34-7/h10,12,15-16,18-19,29H,8-9,11,13-14H2,1-7H3,(H,27,31)/t15?,16?,18-,19?/m0/s1. The molecule has 3 unspecified atom stereocenters. The zero-order chi connectivity index (χ0) is 25.3. The van der Waals surface area contributed by atoms with Crippen molar-refractivity contribution in [2.75, 3.05) is 13.7 Å². The molecule has 0 bridgehead atoms. The number of ether oxygens (including phenoxy) is 1. The van der Waals surface area contributed by atoms with Gasteiger partial charge in [-0.1, -0.05) is 20.8 Å². The molecule has 1 aliphatic heterocycles. The first-order chi connectivity index (χ1) is 15.8. The Bertz CT molecular complexity index is 921. The topological polar surface area (TPSA) is 114 Å². The Labute approximate surface area is 202 Å². The molecule has 0 radical (unpaired) electrons. The molecule has 2 heterocycles. The van der Waals surface area contributed by atoms with Crippen LogP contribution >= 0.6 is 0 Å². The van der Waals surface area contributed by atoms with Crippen LogP contribution in [-0.2, 0) is 19.7 Å². The molecule has 3 rings (SSSR count). The average molecular weight is 474 g/mol. The van der Waals surface area contributed by atoms with Crippen LogP contribution in [0.5, 0.6) is 0 Å². The Morgan fingerprint density at radius 2 is 1.82 bits per heavy atom. The van der Waals surface area contributed by atoms with Crippen molar-refractivity contribution in [3.63, 3.8) is 0 Å². The van der Waals surface area contributed by atoms with Crippen LogP contribution in [0.25, 0.3) is 0 Å². The van der Waals surface area contributed by atoms with E-state index in [4.69, 9.17) is 4.74 Å². The first-order valence-electron chi connectivity index (χ1n) is 12.1. The number of carbonyl (C=O) groups is 3. The molecular weight excluding hydrogens is 434 g/mol. The maximum absolute atomic E-state index is 13.3. The third-order valence-corrected chi connectivity index (χ3v) is 6.46. The number of hydrogen-bond acceptors (Lipinski definition) is 7. The largest absolute Gasteiger partial charge is 0.469 e. The van der Waals surface area contributed by atoms with Crippen molar-refractivity contribution < 1.29 is 19.1 Å². The van der Waals surface area contributed by atoms with E-state index in [9.17, 15) is 14.4 Å². The van der Waals surface area contributed by atoms with Crippen LogP contribution in [0.2, 0.25) is 0 Å². The summed E-state index contributed by atoms with van der Waals surface area (Å²) in [7, 11) is 1.39. The highest BCUT2D eigenvalue weighted by Gasteiger charge is 2.45. The fourth-order valence-electron chi connectivity index (χ4n) is 4.92. The van der Waals surface area contributed by atoms with E-state index in [-0.39, 0.29) is 40.6 Å². The quantitative estimate of drug-likeness (QED) is 0.630. The molecule has 1 saturated carbocycles. The van der Waals surface area contributed by atoms with Crippen molar-refractivity contribution in [1.82, 2.24) is 25.5 Å². The van der Waals surface area contributed by atoms with E-state index < -0.39 is 17.9 Å². The Morgan fingerprint density at radius 3 is 2.44 bits per heavy atom. The fraction of sp³-hybridized carbons (Fsp3) is 0.720. The molecule has 1 saturated heterocycles. The van der Waals surface area contributed by atoms with Gasteiger partial charge in [0.2, 0.25) is 5.91 Å². The van der Waals surface area contributed by atoms with Gasteiger partial charge >= 0.3 is 5.97 Å². The van der Waals surface area contributed by atoms with Gasteiger partial charge in [0.1, 0.15) is 17.6 Å². The number of carbonyl (C=O) groups excluding carboxylic acids is 3. The van der Waals surface area contributed by atoms with Crippen LogP contribution in [0.4, 0.5) is 0 Å². The predicted molar refractivity (Wildman–Crippen MR) is 128 cm³/mol. The summed E-state index contributed by atoms with van der Waals surface area (Å²) >= 11 is 0. The molecule has 0 spiro atoms. The first kappa shape index (κ1) is 26.1. The summed E-state index contributed by atoms with van der Waals surface area (Å²) in [5.74, 6) is -0.661. The van der Waals surface area contributed by atoms with E-state index in [1.165, 1.54) is 7.11 Å². The highest BCUT2D eigenvalue weighted by molar-refractivity contribution is 5.96. The second-order valence-corrected chi connectivity index (χ2v) is 11.5. The smallest absolute Gasteiger partial charge is 0.310 e. The number of methoxy groups -OCH3 is 1. The molecule has 4 atom stereocenters. The summed E-state index contributed by atoms with van der Waals surface area (Å²) < 4.78 is 5.09. The summed E-state index contributed by atoms with van der Waals surface area (Å²) in [4.78, 5) is 49.2. The summed E-state index contributed by atoms with van der Waals surface area (Å²) in [6.07, 6.45) is 4.26. The normalized spacial score (nSPS) is 25.9. The van der Waals surface area contributed by atoms with Gasteiger partial charge in [-0.15, -0.1) is 0 Å². The molecule has 9 heteroatoms. The van der Waals surface area contributed by atoms with Crippen LogP contribution in [0.15, 0.2) is 12.3 Å². The third kappa shape index (κ3) is 6.11. The molecule has 2 amide bonds. The lowest BCUT2D eigenvalue weighted by molar-refractivity contribution is -0.151. The lowest BCUT2D eigenvalue weighted by atomic mass is 9.80. The predicted octanol–water partition coefficient (Wildman–Crippen LogP) is 2.20. The van der Waals surface area contributed by atoms with Crippen molar-refractivity contribution >= 4 is 17.8 Å². The molecule has 1 aromatic rings. The number of rotatable bonds is 5. The Balaban J connectivity index is 1.69. The van der Waals surface area contributed by atoms with E-state index >= 15 is 0 Å². The minimum atomic E-state index is -0.635. The van der Waals surface area contributed by atoms with Crippen molar-refractivity contribution in [2.45, 2.75) is 96.3 Å². The summed E-state index contributed by atoms with van der Waals surface area (Å²) in [5.41, 5.74) is -0.113. The molecule has 34 heavy (non-hydrogen) atoms. The first-order valence-corrected chi connectivity index (χ1v) is 12.1. The van der Waals surface area contributed by atoms with Crippen molar-refractivity contribution in [2.24, 2.45) is 5.92 Å². The molecule has 2 aliphatic rings. The second kappa shape index (κ2) is 9.98. The molecule has 1 aliphatic carbocycles. The Kier molecular flexibility index (Phi) is 7.65. The van der Waals surface area contributed by atoms with Gasteiger partial charge in [-0.05, 0) is 52.5 Å². The van der Waals surface area contributed by atoms with E-state index in [2.05, 4.69) is 41.4 Å². The van der Waals surface area contributed by atoms with Crippen LogP contribution in [0.1, 0.15) is 83.5 Å². The SMILES string of the molecule is COC(=O)C1CC(NC(C)(C)C)CCC1N1CC[C@H](NC(=O)c2ccnc(C(C)(C)C)n2)C1=O. The highest BCUT2D eigenvalue weighted by Crippen LogP contribution is 2.33. The summed E-state index contributed by atoms with van der Waals surface area (Å²) in [6, 6.07) is 0.873. The average Bonchev–Trinajstić information content (AvgIpc) is 3.11. The molecule has 1 aromatic heterocycles. The van der Waals surface area contributed by atoms with E-state index in [0.29, 0.717) is 31.6 Å². The maximum Gasteiger partial charge on any atom is 0.310 e. The maximum atomic E-state index is 13.3. The molecule has 9 nitrogen and oxygen atoms in total. The van der Waals surface area contributed by atoms with E-state index in [1.807, 2.05) is 20.8 Å². The van der Waals surface area contributed by atoms with Crippen LogP contribution in [0, 0.1) is 5.92 Å². The van der Waals surface area contributed by atoms with Crippen molar-refractivity contribution in [1.29, 1.82) is 0 Å². The van der Waals surface area contributed by atoms with Gasteiger partial charge in [0.15, 0.2) is 0 Å². The molecule has 0 aromatic carbocycles. The van der Waals surface area contributed by atoms with Crippen molar-refractivity contribution in [3.8, 4) is 0 Å². The Hall–Kier alpha value is -2.55. The lowest BCUT2D eigenvalue weighted by Gasteiger charge is -2.41. The van der Waals surface area contributed by atoms with Crippen molar-refractivity contribution in [3.05, 3.63) is 23.8 Å². The van der Waals surface area contributed by atoms with Gasteiger partial charge in [0.05, 0.1) is 13.0 Å².